The van der Waals surface area contributed by atoms with Crippen molar-refractivity contribution >= 4 is 28.6 Å². The summed E-state index contributed by atoms with van der Waals surface area (Å²) in [5.41, 5.74) is 5.03. The average Bonchev–Trinajstić information content (AvgIpc) is 3.19. The summed E-state index contributed by atoms with van der Waals surface area (Å²) in [7, 11) is 1.65. The third-order valence-electron chi connectivity index (χ3n) is 4.82. The van der Waals surface area contributed by atoms with Gasteiger partial charge in [-0.25, -0.2) is 4.68 Å². The van der Waals surface area contributed by atoms with E-state index in [-0.39, 0.29) is 12.5 Å². The highest BCUT2D eigenvalue weighted by molar-refractivity contribution is 7.07. The van der Waals surface area contributed by atoms with E-state index in [0.29, 0.717) is 18.0 Å². The monoisotopic (exact) mass is 448 g/mol. The fraction of sp³-hybridized carbons (Fsp3) is 0.208. The number of aromatic nitrogens is 1. The summed E-state index contributed by atoms with van der Waals surface area (Å²) in [5, 5.41) is 9.77. The van der Waals surface area contributed by atoms with Gasteiger partial charge in [0, 0.05) is 16.5 Å². The number of hydrogen-bond donors (Lipinski definition) is 1. The van der Waals surface area contributed by atoms with Gasteiger partial charge in [0.1, 0.15) is 11.5 Å². The van der Waals surface area contributed by atoms with Gasteiger partial charge in [0.2, 0.25) is 4.80 Å². The molecule has 0 atom stereocenters. The lowest BCUT2D eigenvalue weighted by Crippen LogP contribution is -2.25. The topological polar surface area (TPSA) is 77.2 Å². The number of methoxy groups -OCH3 is 1. The molecule has 1 aromatic heterocycles. The standard InChI is InChI=1S/C24H24N4O3S/c1-15(2)12-25-24-28(27-16(3)18-7-5-6-8-21(18)30-4)20(14-32-24)17-9-10-22-19(11-17)26-23(29)13-31-22/h5-11,14H,1,12-13H2,2-4H3,(H,26,29). The van der Waals surface area contributed by atoms with E-state index in [1.54, 1.807) is 7.11 Å². The maximum atomic E-state index is 11.8. The van der Waals surface area contributed by atoms with Crippen molar-refractivity contribution < 1.29 is 14.3 Å². The second-order valence-corrected chi connectivity index (χ2v) is 8.26. The van der Waals surface area contributed by atoms with Crippen LogP contribution in [0.2, 0.25) is 0 Å². The van der Waals surface area contributed by atoms with Crippen molar-refractivity contribution in [2.24, 2.45) is 10.1 Å². The molecule has 2 heterocycles. The molecule has 164 valence electrons. The van der Waals surface area contributed by atoms with Crippen LogP contribution in [0, 0.1) is 0 Å². The number of nitrogens with zero attached hydrogens (tertiary/aromatic N) is 3. The zero-order valence-corrected chi connectivity index (χ0v) is 19.0. The molecule has 0 bridgehead atoms. The lowest BCUT2D eigenvalue weighted by Gasteiger charge is -2.18. The van der Waals surface area contributed by atoms with Crippen LogP contribution in [-0.2, 0) is 4.79 Å². The molecule has 0 radical (unpaired) electrons. The maximum Gasteiger partial charge on any atom is 0.262 e. The largest absolute Gasteiger partial charge is 0.496 e. The number of carbonyl (C=O) groups excluding carboxylic acids is 1. The number of hydrogen-bond acceptors (Lipinski definition) is 6. The minimum Gasteiger partial charge on any atom is -0.496 e. The van der Waals surface area contributed by atoms with Crippen LogP contribution in [0.25, 0.3) is 11.3 Å². The highest BCUT2D eigenvalue weighted by Gasteiger charge is 2.18. The van der Waals surface area contributed by atoms with E-state index >= 15 is 0 Å². The Morgan fingerprint density at radius 3 is 2.88 bits per heavy atom. The Bertz CT molecular complexity index is 1290. The highest BCUT2D eigenvalue weighted by atomic mass is 32.1. The van der Waals surface area contributed by atoms with Gasteiger partial charge >= 0.3 is 0 Å². The minimum absolute atomic E-state index is 0.0249. The van der Waals surface area contributed by atoms with Gasteiger partial charge in [-0.3, -0.25) is 9.79 Å². The molecule has 0 saturated carbocycles. The third kappa shape index (κ3) is 4.50. The van der Waals surface area contributed by atoms with Gasteiger partial charge in [-0.1, -0.05) is 24.3 Å². The summed E-state index contributed by atoms with van der Waals surface area (Å²) in [6.07, 6.45) is 0. The van der Waals surface area contributed by atoms with Crippen LogP contribution in [0.4, 0.5) is 5.69 Å². The van der Waals surface area contributed by atoms with E-state index in [0.717, 1.165) is 38.7 Å². The summed E-state index contributed by atoms with van der Waals surface area (Å²) in [6.45, 7) is 8.37. The first kappa shape index (κ1) is 21.6. The Morgan fingerprint density at radius 1 is 1.28 bits per heavy atom. The quantitative estimate of drug-likeness (QED) is 0.451. The molecule has 0 saturated heterocycles. The number of fused-ring (bicyclic) bond motifs is 1. The Hall–Kier alpha value is -3.65. The molecule has 1 amide bonds. The first-order valence-corrected chi connectivity index (χ1v) is 11.0. The molecule has 32 heavy (non-hydrogen) atoms. The highest BCUT2D eigenvalue weighted by Crippen LogP contribution is 2.33. The van der Waals surface area contributed by atoms with E-state index in [9.17, 15) is 4.79 Å². The number of para-hydroxylation sites is 1. The lowest BCUT2D eigenvalue weighted by molar-refractivity contribution is -0.118. The summed E-state index contributed by atoms with van der Waals surface area (Å²) < 4.78 is 12.8. The smallest absolute Gasteiger partial charge is 0.262 e. The molecular formula is C24H24N4O3S. The second kappa shape index (κ2) is 9.23. The molecule has 0 unspecified atom stereocenters. The zero-order chi connectivity index (χ0) is 22.7. The minimum atomic E-state index is -0.171. The summed E-state index contributed by atoms with van der Waals surface area (Å²) in [4.78, 5) is 17.2. The van der Waals surface area contributed by atoms with Crippen molar-refractivity contribution in [1.82, 2.24) is 4.68 Å². The number of thiazole rings is 1. The number of carbonyl (C=O) groups is 1. The van der Waals surface area contributed by atoms with E-state index in [2.05, 4.69) is 16.9 Å². The lowest BCUT2D eigenvalue weighted by atomic mass is 10.1. The van der Waals surface area contributed by atoms with Gasteiger partial charge in [0.05, 0.1) is 30.7 Å². The van der Waals surface area contributed by atoms with Gasteiger partial charge in [-0.05, 0) is 44.2 Å². The molecule has 8 heteroatoms. The van der Waals surface area contributed by atoms with Gasteiger partial charge in [-0.2, -0.15) is 5.10 Å². The summed E-state index contributed by atoms with van der Waals surface area (Å²) in [5.74, 6) is 1.23. The molecule has 2 aromatic carbocycles. The van der Waals surface area contributed by atoms with Gasteiger partial charge in [0.25, 0.3) is 5.91 Å². The van der Waals surface area contributed by atoms with Crippen molar-refractivity contribution in [2.45, 2.75) is 13.8 Å². The Morgan fingerprint density at radius 2 is 2.09 bits per heavy atom. The average molecular weight is 449 g/mol. The number of amides is 1. The van der Waals surface area contributed by atoms with Crippen LogP contribution in [0.1, 0.15) is 19.4 Å². The second-order valence-electron chi connectivity index (χ2n) is 7.42. The molecule has 3 aromatic rings. The van der Waals surface area contributed by atoms with Crippen molar-refractivity contribution in [3.8, 4) is 22.8 Å². The van der Waals surface area contributed by atoms with E-state index in [1.807, 2.05) is 66.4 Å². The number of rotatable bonds is 6. The van der Waals surface area contributed by atoms with E-state index < -0.39 is 0 Å². The van der Waals surface area contributed by atoms with Crippen LogP contribution in [-0.4, -0.2) is 36.6 Å². The molecular weight excluding hydrogens is 424 g/mol. The van der Waals surface area contributed by atoms with Crippen molar-refractivity contribution in [3.63, 3.8) is 0 Å². The van der Waals surface area contributed by atoms with Crippen LogP contribution >= 0.6 is 11.3 Å². The normalized spacial score (nSPS) is 13.9. The predicted octanol–water partition coefficient (Wildman–Crippen LogP) is 4.31. The summed E-state index contributed by atoms with van der Waals surface area (Å²) >= 11 is 1.50. The van der Waals surface area contributed by atoms with Crippen LogP contribution in [0.3, 0.4) is 0 Å². The number of ether oxygens (including phenoxy) is 2. The van der Waals surface area contributed by atoms with Crippen LogP contribution in [0.15, 0.2) is 70.1 Å². The fourth-order valence-corrected chi connectivity index (χ4v) is 4.13. The SMILES string of the molecule is C=C(C)CN=c1scc(-c2ccc3c(c2)NC(=O)CO3)n1N=C(C)c1ccccc1OC. The van der Waals surface area contributed by atoms with Crippen molar-refractivity contribution in [2.75, 3.05) is 25.6 Å². The molecule has 1 N–H and O–H groups in total. The van der Waals surface area contributed by atoms with E-state index in [1.165, 1.54) is 11.3 Å². The first-order valence-electron chi connectivity index (χ1n) is 10.1. The van der Waals surface area contributed by atoms with Crippen LogP contribution < -0.4 is 19.6 Å². The Balaban J connectivity index is 1.85. The molecule has 4 rings (SSSR count). The molecule has 1 aliphatic heterocycles. The van der Waals surface area contributed by atoms with Gasteiger partial charge in [-0.15, -0.1) is 11.3 Å². The van der Waals surface area contributed by atoms with Gasteiger partial charge < -0.3 is 14.8 Å². The number of nitrogens with one attached hydrogen (secondary N) is 1. The maximum absolute atomic E-state index is 11.8. The Kier molecular flexibility index (Phi) is 6.23. The fourth-order valence-electron chi connectivity index (χ4n) is 3.30. The van der Waals surface area contributed by atoms with Crippen molar-refractivity contribution in [3.05, 3.63) is 70.4 Å². The molecule has 0 aliphatic carbocycles. The van der Waals surface area contributed by atoms with Crippen LogP contribution in [0.5, 0.6) is 11.5 Å². The number of benzene rings is 2. The third-order valence-corrected chi connectivity index (χ3v) is 5.68. The van der Waals surface area contributed by atoms with Crippen molar-refractivity contribution in [1.29, 1.82) is 0 Å². The predicted molar refractivity (Wildman–Crippen MR) is 128 cm³/mol. The zero-order valence-electron chi connectivity index (χ0n) is 18.2. The molecule has 0 fully saturated rings. The number of anilines is 1. The Labute approximate surface area is 190 Å². The first-order chi connectivity index (χ1) is 15.5. The summed E-state index contributed by atoms with van der Waals surface area (Å²) in [6, 6.07) is 13.5. The van der Waals surface area contributed by atoms with Gasteiger partial charge in [0.15, 0.2) is 6.61 Å². The van der Waals surface area contributed by atoms with E-state index in [4.69, 9.17) is 14.6 Å². The molecule has 1 aliphatic rings. The molecule has 7 nitrogen and oxygen atoms in total. The molecule has 0 spiro atoms.